The second kappa shape index (κ2) is 13.0. The molecule has 0 saturated heterocycles. The van der Waals surface area contributed by atoms with E-state index in [1.54, 1.807) is 0 Å². The number of hydrogen-bond donors (Lipinski definition) is 0. The van der Waals surface area contributed by atoms with Gasteiger partial charge in [-0.15, -0.1) is 11.3 Å². The summed E-state index contributed by atoms with van der Waals surface area (Å²) in [6.45, 7) is 0. The van der Waals surface area contributed by atoms with Crippen molar-refractivity contribution in [2.75, 3.05) is 4.90 Å². The van der Waals surface area contributed by atoms with Gasteiger partial charge in [0.1, 0.15) is 0 Å². The van der Waals surface area contributed by atoms with Gasteiger partial charge in [-0.3, -0.25) is 0 Å². The third-order valence-corrected chi connectivity index (χ3v) is 10.6. The lowest BCUT2D eigenvalue weighted by Crippen LogP contribution is -2.13. The van der Waals surface area contributed by atoms with Crippen LogP contribution in [0.15, 0.2) is 200 Å². The molecule has 236 valence electrons. The highest BCUT2D eigenvalue weighted by Gasteiger charge is 2.24. The molecule has 0 amide bonds. The molecule has 9 rings (SSSR count). The van der Waals surface area contributed by atoms with Crippen LogP contribution in [-0.2, 0) is 0 Å². The lowest BCUT2D eigenvalue weighted by Gasteiger charge is -2.31. The van der Waals surface area contributed by atoms with E-state index in [0.29, 0.717) is 0 Å². The summed E-state index contributed by atoms with van der Waals surface area (Å²) in [5.74, 6) is 0. The summed E-state index contributed by atoms with van der Waals surface area (Å²) in [6, 6.07) is 72.5. The topological polar surface area (TPSA) is 3.24 Å². The highest BCUT2D eigenvalue weighted by atomic mass is 32.1. The molecule has 1 nitrogen and oxygen atoms in total. The molecule has 8 aromatic carbocycles. The Kier molecular flexibility index (Phi) is 7.77. The van der Waals surface area contributed by atoms with E-state index in [2.05, 4.69) is 205 Å². The van der Waals surface area contributed by atoms with Gasteiger partial charge in [-0.1, -0.05) is 158 Å². The minimum atomic E-state index is 1.10. The third kappa shape index (κ3) is 5.56. The first-order chi connectivity index (χ1) is 24.8. The van der Waals surface area contributed by atoms with E-state index in [1.165, 1.54) is 64.7 Å². The number of nitrogens with zero attached hydrogens (tertiary/aromatic N) is 1. The van der Waals surface area contributed by atoms with Crippen molar-refractivity contribution in [1.82, 2.24) is 0 Å². The van der Waals surface area contributed by atoms with Crippen LogP contribution in [0.3, 0.4) is 0 Å². The van der Waals surface area contributed by atoms with Crippen molar-refractivity contribution in [3.63, 3.8) is 0 Å². The lowest BCUT2D eigenvalue weighted by molar-refractivity contribution is 1.29. The van der Waals surface area contributed by atoms with Crippen molar-refractivity contribution in [1.29, 1.82) is 0 Å². The summed E-state index contributed by atoms with van der Waals surface area (Å²) >= 11 is 1.86. The molecule has 50 heavy (non-hydrogen) atoms. The summed E-state index contributed by atoms with van der Waals surface area (Å²) in [7, 11) is 0. The first kappa shape index (κ1) is 29.9. The van der Waals surface area contributed by atoms with Gasteiger partial charge >= 0.3 is 0 Å². The Morgan fingerprint density at radius 2 is 0.740 bits per heavy atom. The standard InChI is InChI=1S/C48H33NS/c1-5-15-34(16-6-1)36-25-27-40(28-26-36)49(41-29-30-43-42-23-13-14-24-46(42)50-47(43)33-41)48-44(37-19-9-3-10-20-37)31-39(35-17-7-2-8-18-35)32-45(48)38-21-11-4-12-22-38/h1-33H. The van der Waals surface area contributed by atoms with Crippen LogP contribution < -0.4 is 4.90 Å². The first-order valence-corrected chi connectivity index (χ1v) is 17.8. The number of benzene rings is 8. The number of rotatable bonds is 7. The normalized spacial score (nSPS) is 11.2. The van der Waals surface area contributed by atoms with E-state index >= 15 is 0 Å². The highest BCUT2D eigenvalue weighted by molar-refractivity contribution is 7.25. The fraction of sp³-hybridized carbons (Fsp3) is 0. The molecule has 0 fully saturated rings. The van der Waals surface area contributed by atoms with E-state index in [-0.39, 0.29) is 0 Å². The van der Waals surface area contributed by atoms with Gasteiger partial charge in [0.15, 0.2) is 0 Å². The maximum absolute atomic E-state index is 2.47. The zero-order valence-corrected chi connectivity index (χ0v) is 28.2. The highest BCUT2D eigenvalue weighted by Crippen LogP contribution is 2.50. The molecule has 1 aromatic heterocycles. The maximum atomic E-state index is 2.47. The van der Waals surface area contributed by atoms with Gasteiger partial charge in [0, 0.05) is 42.7 Å². The monoisotopic (exact) mass is 655 g/mol. The van der Waals surface area contributed by atoms with Gasteiger partial charge in [-0.2, -0.15) is 0 Å². The Balaban J connectivity index is 1.35. The van der Waals surface area contributed by atoms with Crippen LogP contribution in [0.4, 0.5) is 17.1 Å². The predicted molar refractivity (Wildman–Crippen MR) is 216 cm³/mol. The van der Waals surface area contributed by atoms with Crippen LogP contribution in [0.25, 0.3) is 64.7 Å². The van der Waals surface area contributed by atoms with Gasteiger partial charge in [-0.25, -0.2) is 0 Å². The molecule has 0 unspecified atom stereocenters. The molecular formula is C48H33NS. The molecule has 0 aliphatic carbocycles. The molecule has 1 heterocycles. The van der Waals surface area contributed by atoms with Crippen molar-refractivity contribution in [2.45, 2.75) is 0 Å². The van der Waals surface area contributed by atoms with Crippen molar-refractivity contribution in [3.05, 3.63) is 200 Å². The van der Waals surface area contributed by atoms with Crippen molar-refractivity contribution in [3.8, 4) is 44.5 Å². The fourth-order valence-electron chi connectivity index (χ4n) is 7.04. The Morgan fingerprint density at radius 1 is 0.300 bits per heavy atom. The van der Waals surface area contributed by atoms with E-state index in [0.717, 1.165) is 17.1 Å². The smallest absolute Gasteiger partial charge is 0.0618 e. The largest absolute Gasteiger partial charge is 0.309 e. The van der Waals surface area contributed by atoms with Gasteiger partial charge in [0.05, 0.1) is 5.69 Å². The van der Waals surface area contributed by atoms with Gasteiger partial charge in [-0.05, 0) is 75.8 Å². The summed E-state index contributed by atoms with van der Waals surface area (Å²) in [5.41, 5.74) is 12.9. The van der Waals surface area contributed by atoms with E-state index in [4.69, 9.17) is 0 Å². The number of fused-ring (bicyclic) bond motifs is 3. The Hall–Kier alpha value is -6.22. The minimum Gasteiger partial charge on any atom is -0.309 e. The zero-order valence-electron chi connectivity index (χ0n) is 27.4. The molecule has 0 saturated carbocycles. The van der Waals surface area contributed by atoms with Crippen LogP contribution in [0.1, 0.15) is 0 Å². The molecule has 9 aromatic rings. The average molecular weight is 656 g/mol. The Bertz CT molecular complexity index is 2490. The molecule has 2 heteroatoms. The molecule has 0 bridgehead atoms. The Morgan fingerprint density at radius 3 is 1.32 bits per heavy atom. The van der Waals surface area contributed by atoms with E-state index in [1.807, 2.05) is 11.3 Å². The van der Waals surface area contributed by atoms with E-state index < -0.39 is 0 Å². The predicted octanol–water partition coefficient (Wildman–Crippen LogP) is 14.2. The second-order valence-corrected chi connectivity index (χ2v) is 13.6. The first-order valence-electron chi connectivity index (χ1n) is 17.0. The van der Waals surface area contributed by atoms with Crippen LogP contribution in [-0.4, -0.2) is 0 Å². The number of anilines is 3. The molecule has 0 radical (unpaired) electrons. The second-order valence-electron chi connectivity index (χ2n) is 12.5. The summed E-state index contributed by atoms with van der Waals surface area (Å²) in [4.78, 5) is 2.47. The fourth-order valence-corrected chi connectivity index (χ4v) is 8.18. The van der Waals surface area contributed by atoms with E-state index in [9.17, 15) is 0 Å². The number of thiophene rings is 1. The molecular weight excluding hydrogens is 623 g/mol. The van der Waals surface area contributed by atoms with Crippen LogP contribution in [0, 0.1) is 0 Å². The van der Waals surface area contributed by atoms with Crippen LogP contribution in [0.2, 0.25) is 0 Å². The maximum Gasteiger partial charge on any atom is 0.0618 e. The third-order valence-electron chi connectivity index (χ3n) is 9.46. The summed E-state index contributed by atoms with van der Waals surface area (Å²) in [5, 5.41) is 2.60. The van der Waals surface area contributed by atoms with Crippen molar-refractivity contribution >= 4 is 48.6 Å². The number of hydrogen-bond acceptors (Lipinski definition) is 2. The molecule has 0 aliphatic heterocycles. The quantitative estimate of drug-likeness (QED) is 0.165. The minimum absolute atomic E-state index is 1.10. The van der Waals surface area contributed by atoms with Gasteiger partial charge in [0.2, 0.25) is 0 Å². The molecule has 0 aliphatic rings. The summed E-state index contributed by atoms with van der Waals surface area (Å²) < 4.78 is 2.58. The van der Waals surface area contributed by atoms with Gasteiger partial charge in [0.25, 0.3) is 0 Å². The van der Waals surface area contributed by atoms with Crippen LogP contribution in [0.5, 0.6) is 0 Å². The van der Waals surface area contributed by atoms with Crippen LogP contribution >= 0.6 is 11.3 Å². The molecule has 0 atom stereocenters. The molecule has 0 N–H and O–H groups in total. The summed E-state index contributed by atoms with van der Waals surface area (Å²) in [6.07, 6.45) is 0. The SMILES string of the molecule is c1ccc(-c2ccc(N(c3ccc4c(c3)sc3ccccc34)c3c(-c4ccccc4)cc(-c4ccccc4)cc3-c3ccccc3)cc2)cc1. The Labute approximate surface area is 297 Å². The van der Waals surface area contributed by atoms with Gasteiger partial charge < -0.3 is 4.90 Å². The lowest BCUT2D eigenvalue weighted by atomic mass is 9.89. The van der Waals surface area contributed by atoms with Crippen molar-refractivity contribution < 1.29 is 0 Å². The molecule has 0 spiro atoms. The zero-order chi connectivity index (χ0) is 33.3. The van der Waals surface area contributed by atoms with Crippen molar-refractivity contribution in [2.24, 2.45) is 0 Å². The average Bonchev–Trinajstić information content (AvgIpc) is 3.57.